The Labute approximate surface area is 114 Å². The van der Waals surface area contributed by atoms with E-state index in [2.05, 4.69) is 18.1 Å². The van der Waals surface area contributed by atoms with E-state index in [9.17, 15) is 0 Å². The molecule has 1 radical (unpaired) electrons. The fourth-order valence-corrected chi connectivity index (χ4v) is 0.102. The van der Waals surface area contributed by atoms with Crippen molar-refractivity contribution < 1.29 is 32.7 Å². The van der Waals surface area contributed by atoms with Crippen LogP contribution in [0.5, 0.6) is 0 Å². The molecule has 73 valence electrons. The van der Waals surface area contributed by atoms with Crippen molar-refractivity contribution in [1.29, 1.82) is 0 Å². The van der Waals surface area contributed by atoms with Crippen LogP contribution in [0, 0.1) is 12.3 Å². The van der Waals surface area contributed by atoms with Crippen LogP contribution in [0.2, 0.25) is 0 Å². The van der Waals surface area contributed by atoms with E-state index in [0.29, 0.717) is 4.86 Å². The fraction of sp³-hybridized carbons (Fsp3) is 0.545. The van der Waals surface area contributed by atoms with Gasteiger partial charge in [0.1, 0.15) is 0 Å². The van der Waals surface area contributed by atoms with E-state index < -0.39 is 0 Å². The second-order valence-corrected chi connectivity index (χ2v) is 2.08. The summed E-state index contributed by atoms with van der Waals surface area (Å²) >= 11 is 4.62. The first-order valence-corrected chi connectivity index (χ1v) is 4.70. The Morgan fingerprint density at radius 2 is 1.62 bits per heavy atom. The Morgan fingerprint density at radius 3 is 1.62 bits per heavy atom. The van der Waals surface area contributed by atoms with Crippen LogP contribution in [0.25, 0.3) is 0 Å². The molecule has 0 heterocycles. The van der Waals surface area contributed by atoms with Crippen LogP contribution in [-0.2, 0) is 32.7 Å². The monoisotopic (exact) mass is 273 g/mol. The molecule has 0 fully saturated rings. The third-order valence-electron chi connectivity index (χ3n) is 0.815. The molecule has 0 rings (SSSR count). The van der Waals surface area contributed by atoms with Crippen LogP contribution < -0.4 is 0 Å². The van der Waals surface area contributed by atoms with Crippen molar-refractivity contribution in [3.63, 3.8) is 0 Å². The van der Waals surface area contributed by atoms with E-state index in [1.807, 2.05) is 46.8 Å². The zero-order valence-electron chi connectivity index (χ0n) is 9.42. The largest absolute Gasteiger partial charge is 0.114 e. The molecular formula is C11H20SY. The van der Waals surface area contributed by atoms with E-state index in [0.717, 1.165) is 6.42 Å². The quantitative estimate of drug-likeness (QED) is 0.395. The van der Waals surface area contributed by atoms with Crippen LogP contribution in [0.1, 0.15) is 41.0 Å². The molecule has 0 bridgehead atoms. The van der Waals surface area contributed by atoms with Crippen LogP contribution >= 0.6 is 12.2 Å². The first-order valence-electron chi connectivity index (χ1n) is 4.29. The molecule has 2 heteroatoms. The smallest absolute Gasteiger partial charge is 0.0643 e. The number of rotatable bonds is 1. The van der Waals surface area contributed by atoms with Gasteiger partial charge in [-0.25, -0.2) is 0 Å². The van der Waals surface area contributed by atoms with Crippen molar-refractivity contribution in [3.05, 3.63) is 12.2 Å². The first-order chi connectivity index (χ1) is 5.72. The van der Waals surface area contributed by atoms with Crippen molar-refractivity contribution in [2.45, 2.75) is 41.0 Å². The molecule has 0 aliphatic carbocycles. The molecule has 0 aliphatic rings. The minimum absolute atomic E-state index is 0. The Hall–Kier alpha value is 0.494. The van der Waals surface area contributed by atoms with E-state index >= 15 is 0 Å². The average Bonchev–Trinajstić information content (AvgIpc) is 2.20. The van der Waals surface area contributed by atoms with Gasteiger partial charge in [0, 0.05) is 32.7 Å². The van der Waals surface area contributed by atoms with Crippen LogP contribution in [-0.4, -0.2) is 4.86 Å². The normalized spacial score (nSPS) is 6.46. The first kappa shape index (κ1) is 23.4. The van der Waals surface area contributed by atoms with Crippen molar-refractivity contribution in [3.8, 4) is 12.3 Å². The summed E-state index contributed by atoms with van der Waals surface area (Å²) in [6.45, 7) is 9.95. The van der Waals surface area contributed by atoms with Gasteiger partial charge in [-0.3, -0.25) is 0 Å². The zero-order valence-corrected chi connectivity index (χ0v) is 13.1. The maximum Gasteiger partial charge on any atom is 0.0643 e. The molecule has 0 aromatic heterocycles. The van der Waals surface area contributed by atoms with Crippen LogP contribution in [0.3, 0.4) is 0 Å². The maximum atomic E-state index is 4.89. The van der Waals surface area contributed by atoms with Crippen LogP contribution in [0.15, 0.2) is 12.2 Å². The third kappa shape index (κ3) is 45.6. The summed E-state index contributed by atoms with van der Waals surface area (Å²) in [6.07, 6.45) is 9.72. The molecule has 0 aliphatic heterocycles. The van der Waals surface area contributed by atoms with E-state index in [-0.39, 0.29) is 32.7 Å². The van der Waals surface area contributed by atoms with Gasteiger partial charge in [-0.2, -0.15) is 0 Å². The molecule has 0 unspecified atom stereocenters. The molecule has 0 spiro atoms. The van der Waals surface area contributed by atoms with Crippen molar-refractivity contribution in [2.75, 3.05) is 0 Å². The minimum Gasteiger partial charge on any atom is -0.114 e. The van der Waals surface area contributed by atoms with Crippen molar-refractivity contribution >= 4 is 17.1 Å². The van der Waals surface area contributed by atoms with Gasteiger partial charge in [0.15, 0.2) is 0 Å². The molecule has 0 N–H and O–H groups in total. The molecule has 0 amide bonds. The third-order valence-corrected chi connectivity index (χ3v) is 1.22. The summed E-state index contributed by atoms with van der Waals surface area (Å²) in [7, 11) is 0. The molecule has 0 aromatic carbocycles. The van der Waals surface area contributed by atoms with E-state index in [4.69, 9.17) is 6.42 Å². The molecule has 0 saturated carbocycles. The Bertz CT molecular complexity index is 139. The van der Waals surface area contributed by atoms with E-state index in [1.165, 1.54) is 0 Å². The SMILES string of the molecule is C#CC(=S)CC.C/C=C\C.CC.[Y]. The second kappa shape index (κ2) is 29.4. The summed E-state index contributed by atoms with van der Waals surface area (Å²) in [5.74, 6) is 2.35. The van der Waals surface area contributed by atoms with E-state index in [1.54, 1.807) is 0 Å². The summed E-state index contributed by atoms with van der Waals surface area (Å²) in [6, 6.07) is 0. The number of allylic oxidation sites excluding steroid dienone is 2. The van der Waals surface area contributed by atoms with Gasteiger partial charge in [0.05, 0.1) is 4.86 Å². The summed E-state index contributed by atoms with van der Waals surface area (Å²) in [5, 5.41) is 0. The molecule has 0 atom stereocenters. The average molecular weight is 273 g/mol. The molecule has 0 nitrogen and oxygen atoms in total. The topological polar surface area (TPSA) is 0 Å². The number of terminal acetylenes is 1. The predicted molar refractivity (Wildman–Crippen MR) is 63.6 cm³/mol. The zero-order chi connectivity index (χ0) is 10.4. The Morgan fingerprint density at radius 1 is 1.31 bits per heavy atom. The van der Waals surface area contributed by atoms with Gasteiger partial charge in [0.25, 0.3) is 0 Å². The van der Waals surface area contributed by atoms with Gasteiger partial charge < -0.3 is 0 Å². The number of hydrogen-bond acceptors (Lipinski definition) is 1. The Kier molecular flexibility index (Phi) is 52.8. The minimum atomic E-state index is 0. The van der Waals surface area contributed by atoms with Crippen molar-refractivity contribution in [1.82, 2.24) is 0 Å². The molecule has 0 aromatic rings. The summed E-state index contributed by atoms with van der Waals surface area (Å²) in [5.41, 5.74) is 0. The van der Waals surface area contributed by atoms with Gasteiger partial charge in [0.2, 0.25) is 0 Å². The number of hydrogen-bond donors (Lipinski definition) is 0. The second-order valence-electron chi connectivity index (χ2n) is 1.59. The summed E-state index contributed by atoms with van der Waals surface area (Å²) in [4.78, 5) is 0.704. The fourth-order valence-electron chi connectivity index (χ4n) is 0.102. The number of thiocarbonyl (C=S) groups is 1. The molecule has 13 heavy (non-hydrogen) atoms. The van der Waals surface area contributed by atoms with Gasteiger partial charge >= 0.3 is 0 Å². The maximum absolute atomic E-state index is 4.89. The van der Waals surface area contributed by atoms with Crippen LogP contribution in [0.4, 0.5) is 0 Å². The van der Waals surface area contributed by atoms with Gasteiger partial charge in [-0.1, -0.05) is 51.1 Å². The standard InChI is InChI=1S/C5H6S.C4H8.C2H6.Y/c1-3-5(6)4-2;1-3-4-2;1-2;/h1H,4H2,2H3;3-4H,1-2H3;1-2H3;/b;4-3-;;. The van der Waals surface area contributed by atoms with Gasteiger partial charge in [-0.05, 0) is 20.3 Å². The van der Waals surface area contributed by atoms with Crippen molar-refractivity contribution in [2.24, 2.45) is 0 Å². The molecule has 0 saturated heterocycles. The Balaban J connectivity index is -0.0000000512. The van der Waals surface area contributed by atoms with Gasteiger partial charge in [-0.15, -0.1) is 6.42 Å². The predicted octanol–water partition coefficient (Wildman–Crippen LogP) is 4.01. The molecular weight excluding hydrogens is 253 g/mol. The summed E-state index contributed by atoms with van der Waals surface area (Å²) < 4.78 is 0.